The fraction of sp³-hybridized carbons (Fsp3) is 0.143. The fourth-order valence-electron chi connectivity index (χ4n) is 1.56. The molecule has 92 valence electrons. The Morgan fingerprint density at radius 3 is 2.61 bits per heavy atom. The second-order valence-electron chi connectivity index (χ2n) is 4.06. The normalized spacial score (nSPS) is 10.1. The van der Waals surface area contributed by atoms with Crippen molar-refractivity contribution in [2.75, 3.05) is 5.32 Å². The standard InChI is InChI=1S/C14H13FN2O/c1-10-5-7-11(8-6-10)9-14(18)17-13-4-2-3-12(15)16-13/h2-8H,9H2,1H3,(H,16,17,18). The van der Waals surface area contributed by atoms with Crippen molar-refractivity contribution in [3.63, 3.8) is 0 Å². The van der Waals surface area contributed by atoms with E-state index in [0.717, 1.165) is 11.1 Å². The third-order valence-electron chi connectivity index (χ3n) is 2.47. The first kappa shape index (κ1) is 12.2. The number of anilines is 1. The van der Waals surface area contributed by atoms with Crippen molar-refractivity contribution >= 4 is 11.7 Å². The highest BCUT2D eigenvalue weighted by Gasteiger charge is 2.05. The Bertz CT molecular complexity index is 552. The van der Waals surface area contributed by atoms with Crippen LogP contribution in [-0.4, -0.2) is 10.9 Å². The van der Waals surface area contributed by atoms with Crippen LogP contribution in [0, 0.1) is 12.9 Å². The highest BCUT2D eigenvalue weighted by molar-refractivity contribution is 5.91. The average Bonchev–Trinajstić information content (AvgIpc) is 2.32. The van der Waals surface area contributed by atoms with Crippen LogP contribution >= 0.6 is 0 Å². The number of halogens is 1. The van der Waals surface area contributed by atoms with E-state index in [2.05, 4.69) is 10.3 Å². The van der Waals surface area contributed by atoms with Gasteiger partial charge in [-0.3, -0.25) is 4.79 Å². The zero-order valence-corrected chi connectivity index (χ0v) is 9.98. The molecule has 2 aromatic rings. The monoisotopic (exact) mass is 244 g/mol. The minimum Gasteiger partial charge on any atom is -0.310 e. The molecule has 1 N–H and O–H groups in total. The third-order valence-corrected chi connectivity index (χ3v) is 2.47. The number of benzene rings is 1. The molecule has 0 bridgehead atoms. The van der Waals surface area contributed by atoms with Crippen LogP contribution in [0.3, 0.4) is 0 Å². The van der Waals surface area contributed by atoms with Crippen LogP contribution in [0.25, 0.3) is 0 Å². The Morgan fingerprint density at radius 2 is 1.94 bits per heavy atom. The molecule has 1 aromatic carbocycles. The van der Waals surface area contributed by atoms with Crippen molar-refractivity contribution in [2.45, 2.75) is 13.3 Å². The lowest BCUT2D eigenvalue weighted by atomic mass is 10.1. The smallest absolute Gasteiger partial charge is 0.229 e. The molecule has 0 atom stereocenters. The molecule has 0 spiro atoms. The van der Waals surface area contributed by atoms with Crippen LogP contribution in [0.4, 0.5) is 10.2 Å². The second-order valence-corrected chi connectivity index (χ2v) is 4.06. The van der Waals surface area contributed by atoms with Crippen molar-refractivity contribution < 1.29 is 9.18 Å². The topological polar surface area (TPSA) is 42.0 Å². The summed E-state index contributed by atoms with van der Waals surface area (Å²) in [5.41, 5.74) is 2.06. The summed E-state index contributed by atoms with van der Waals surface area (Å²) in [6.45, 7) is 1.99. The number of aromatic nitrogens is 1. The molecule has 0 saturated carbocycles. The quantitative estimate of drug-likeness (QED) is 0.843. The van der Waals surface area contributed by atoms with E-state index in [9.17, 15) is 9.18 Å². The Balaban J connectivity index is 1.98. The lowest BCUT2D eigenvalue weighted by Gasteiger charge is -2.04. The number of nitrogens with zero attached hydrogens (tertiary/aromatic N) is 1. The van der Waals surface area contributed by atoms with Crippen LogP contribution in [0.2, 0.25) is 0 Å². The first-order valence-corrected chi connectivity index (χ1v) is 5.61. The SMILES string of the molecule is Cc1ccc(CC(=O)Nc2cccc(F)n2)cc1. The maximum absolute atomic E-state index is 12.8. The van der Waals surface area contributed by atoms with E-state index in [-0.39, 0.29) is 18.1 Å². The van der Waals surface area contributed by atoms with Crippen LogP contribution in [0.1, 0.15) is 11.1 Å². The minimum absolute atomic E-state index is 0.211. The van der Waals surface area contributed by atoms with Gasteiger partial charge in [0.15, 0.2) is 0 Å². The molecule has 0 aliphatic carbocycles. The first-order valence-electron chi connectivity index (χ1n) is 5.61. The van der Waals surface area contributed by atoms with Crippen molar-refractivity contribution in [1.29, 1.82) is 0 Å². The molecule has 2 rings (SSSR count). The summed E-state index contributed by atoms with van der Waals surface area (Å²) in [6, 6.07) is 12.0. The number of hydrogen-bond donors (Lipinski definition) is 1. The van der Waals surface area contributed by atoms with E-state index >= 15 is 0 Å². The Kier molecular flexibility index (Phi) is 3.67. The zero-order valence-electron chi connectivity index (χ0n) is 9.98. The van der Waals surface area contributed by atoms with E-state index in [1.807, 2.05) is 31.2 Å². The molecule has 1 aromatic heterocycles. The van der Waals surface area contributed by atoms with Gasteiger partial charge < -0.3 is 5.32 Å². The lowest BCUT2D eigenvalue weighted by Crippen LogP contribution is -2.15. The number of pyridine rings is 1. The van der Waals surface area contributed by atoms with Crippen LogP contribution in [0.5, 0.6) is 0 Å². The molecule has 3 nitrogen and oxygen atoms in total. The van der Waals surface area contributed by atoms with Gasteiger partial charge in [0.25, 0.3) is 0 Å². The number of nitrogens with one attached hydrogen (secondary N) is 1. The minimum atomic E-state index is -0.608. The molecule has 0 saturated heterocycles. The van der Waals surface area contributed by atoms with Gasteiger partial charge in [-0.05, 0) is 24.6 Å². The Labute approximate surface area is 105 Å². The van der Waals surface area contributed by atoms with Gasteiger partial charge in [0, 0.05) is 0 Å². The average molecular weight is 244 g/mol. The largest absolute Gasteiger partial charge is 0.310 e. The first-order chi connectivity index (χ1) is 8.63. The summed E-state index contributed by atoms with van der Waals surface area (Å²) in [4.78, 5) is 15.3. The van der Waals surface area contributed by atoms with E-state index < -0.39 is 5.95 Å². The zero-order chi connectivity index (χ0) is 13.0. The fourth-order valence-corrected chi connectivity index (χ4v) is 1.56. The predicted octanol–water partition coefficient (Wildman–Crippen LogP) is 2.71. The van der Waals surface area contributed by atoms with E-state index in [1.165, 1.54) is 12.1 Å². The van der Waals surface area contributed by atoms with Crippen LogP contribution in [0.15, 0.2) is 42.5 Å². The number of carbonyl (C=O) groups is 1. The molecular weight excluding hydrogens is 231 g/mol. The molecule has 0 radical (unpaired) electrons. The van der Waals surface area contributed by atoms with Gasteiger partial charge in [0.2, 0.25) is 11.9 Å². The number of rotatable bonds is 3. The molecular formula is C14H13FN2O. The summed E-state index contributed by atoms with van der Waals surface area (Å²) >= 11 is 0. The van der Waals surface area contributed by atoms with Gasteiger partial charge in [0.1, 0.15) is 5.82 Å². The number of amides is 1. The summed E-state index contributed by atoms with van der Waals surface area (Å²) in [5, 5.41) is 2.56. The summed E-state index contributed by atoms with van der Waals surface area (Å²) < 4.78 is 12.8. The maximum atomic E-state index is 12.8. The Morgan fingerprint density at radius 1 is 1.22 bits per heavy atom. The predicted molar refractivity (Wildman–Crippen MR) is 67.7 cm³/mol. The second kappa shape index (κ2) is 5.40. The molecule has 0 unspecified atom stereocenters. The highest BCUT2D eigenvalue weighted by atomic mass is 19.1. The van der Waals surface area contributed by atoms with E-state index in [0.29, 0.717) is 0 Å². The van der Waals surface area contributed by atoms with Gasteiger partial charge >= 0.3 is 0 Å². The van der Waals surface area contributed by atoms with Crippen molar-refractivity contribution in [3.8, 4) is 0 Å². The van der Waals surface area contributed by atoms with Crippen molar-refractivity contribution in [2.24, 2.45) is 0 Å². The van der Waals surface area contributed by atoms with Gasteiger partial charge in [-0.1, -0.05) is 35.9 Å². The Hall–Kier alpha value is -2.23. The van der Waals surface area contributed by atoms with Crippen LogP contribution in [-0.2, 0) is 11.2 Å². The molecule has 1 heterocycles. The highest BCUT2D eigenvalue weighted by Crippen LogP contribution is 2.07. The maximum Gasteiger partial charge on any atom is 0.229 e. The van der Waals surface area contributed by atoms with E-state index in [4.69, 9.17) is 0 Å². The summed E-state index contributed by atoms with van der Waals surface area (Å²) in [5.74, 6) is -0.591. The van der Waals surface area contributed by atoms with Gasteiger partial charge in [-0.15, -0.1) is 0 Å². The number of hydrogen-bond acceptors (Lipinski definition) is 2. The molecule has 18 heavy (non-hydrogen) atoms. The molecule has 0 aliphatic heterocycles. The molecule has 4 heteroatoms. The molecule has 0 aliphatic rings. The van der Waals surface area contributed by atoms with Crippen molar-refractivity contribution in [1.82, 2.24) is 4.98 Å². The summed E-state index contributed by atoms with van der Waals surface area (Å²) in [7, 11) is 0. The third kappa shape index (κ3) is 3.38. The lowest BCUT2D eigenvalue weighted by molar-refractivity contribution is -0.115. The van der Waals surface area contributed by atoms with Crippen LogP contribution < -0.4 is 5.32 Å². The van der Waals surface area contributed by atoms with E-state index in [1.54, 1.807) is 6.07 Å². The number of aryl methyl sites for hydroxylation is 1. The van der Waals surface area contributed by atoms with Gasteiger partial charge in [-0.25, -0.2) is 4.98 Å². The van der Waals surface area contributed by atoms with Crippen molar-refractivity contribution in [3.05, 3.63) is 59.5 Å². The van der Waals surface area contributed by atoms with Gasteiger partial charge in [-0.2, -0.15) is 4.39 Å². The summed E-state index contributed by atoms with van der Waals surface area (Å²) in [6.07, 6.45) is 0.248. The number of carbonyl (C=O) groups excluding carboxylic acids is 1. The molecule has 0 fully saturated rings. The van der Waals surface area contributed by atoms with Gasteiger partial charge in [0.05, 0.1) is 6.42 Å². The molecule has 1 amide bonds.